The van der Waals surface area contributed by atoms with E-state index in [1.807, 2.05) is 20.0 Å². The number of nitrogens with zero attached hydrogens (tertiary/aromatic N) is 2. The number of furan rings is 1. The van der Waals surface area contributed by atoms with Crippen molar-refractivity contribution in [1.82, 2.24) is 4.98 Å². The number of rotatable bonds is 2. The third-order valence-corrected chi connectivity index (χ3v) is 3.75. The van der Waals surface area contributed by atoms with E-state index < -0.39 is 0 Å². The second-order valence-corrected chi connectivity index (χ2v) is 5.07. The van der Waals surface area contributed by atoms with E-state index in [1.54, 1.807) is 0 Å². The van der Waals surface area contributed by atoms with E-state index in [0.717, 1.165) is 39.7 Å². The standard InChI is InChI=1S/C17H18N2O/c1-5-14(18-4)15-10(2)6-8-12-13-9-7-11(3)19-17(13)20-16(12)15/h6-9H,5H2,1-4H3/b18-14-. The fourth-order valence-electron chi connectivity index (χ4n) is 2.72. The van der Waals surface area contributed by atoms with E-state index >= 15 is 0 Å². The minimum absolute atomic E-state index is 0.707. The summed E-state index contributed by atoms with van der Waals surface area (Å²) in [5.41, 5.74) is 5.96. The molecule has 0 N–H and O–H groups in total. The van der Waals surface area contributed by atoms with E-state index in [4.69, 9.17) is 4.42 Å². The molecule has 2 aromatic heterocycles. The molecule has 0 aliphatic heterocycles. The van der Waals surface area contributed by atoms with Gasteiger partial charge in [-0.15, -0.1) is 0 Å². The van der Waals surface area contributed by atoms with Gasteiger partial charge in [0.25, 0.3) is 0 Å². The van der Waals surface area contributed by atoms with Gasteiger partial charge in [0.1, 0.15) is 5.58 Å². The smallest absolute Gasteiger partial charge is 0.227 e. The van der Waals surface area contributed by atoms with Gasteiger partial charge in [0.05, 0.1) is 0 Å². The molecule has 0 saturated carbocycles. The van der Waals surface area contributed by atoms with Gasteiger partial charge in [-0.3, -0.25) is 4.99 Å². The van der Waals surface area contributed by atoms with Gasteiger partial charge in [-0.2, -0.15) is 0 Å². The van der Waals surface area contributed by atoms with Crippen LogP contribution in [0.2, 0.25) is 0 Å². The Labute approximate surface area is 118 Å². The van der Waals surface area contributed by atoms with Crippen LogP contribution in [0.15, 0.2) is 33.7 Å². The van der Waals surface area contributed by atoms with Crippen molar-refractivity contribution in [2.45, 2.75) is 27.2 Å². The minimum Gasteiger partial charge on any atom is -0.437 e. The van der Waals surface area contributed by atoms with Gasteiger partial charge in [0.15, 0.2) is 0 Å². The summed E-state index contributed by atoms with van der Waals surface area (Å²) in [5, 5.41) is 2.18. The molecule has 2 heterocycles. The van der Waals surface area contributed by atoms with Crippen LogP contribution >= 0.6 is 0 Å². The summed E-state index contributed by atoms with van der Waals surface area (Å²) in [7, 11) is 1.84. The van der Waals surface area contributed by atoms with Gasteiger partial charge in [0.2, 0.25) is 5.71 Å². The predicted molar refractivity (Wildman–Crippen MR) is 83.7 cm³/mol. The molecule has 0 aliphatic carbocycles. The Kier molecular flexibility index (Phi) is 3.05. The first-order valence-corrected chi connectivity index (χ1v) is 6.91. The number of aryl methyl sites for hydroxylation is 2. The highest BCUT2D eigenvalue weighted by atomic mass is 16.3. The molecule has 0 bridgehead atoms. The van der Waals surface area contributed by atoms with Crippen molar-refractivity contribution < 1.29 is 4.42 Å². The van der Waals surface area contributed by atoms with Crippen LogP contribution in [0.3, 0.4) is 0 Å². The van der Waals surface area contributed by atoms with Gasteiger partial charge in [-0.05, 0) is 38.0 Å². The number of benzene rings is 1. The summed E-state index contributed by atoms with van der Waals surface area (Å²) in [6, 6.07) is 8.34. The van der Waals surface area contributed by atoms with Gasteiger partial charge in [0, 0.05) is 34.8 Å². The second-order valence-electron chi connectivity index (χ2n) is 5.07. The largest absolute Gasteiger partial charge is 0.437 e. The Morgan fingerprint density at radius 2 is 1.90 bits per heavy atom. The quantitative estimate of drug-likeness (QED) is 0.644. The first kappa shape index (κ1) is 12.9. The highest BCUT2D eigenvalue weighted by Gasteiger charge is 2.16. The zero-order chi connectivity index (χ0) is 14.3. The van der Waals surface area contributed by atoms with Gasteiger partial charge in [-0.25, -0.2) is 4.98 Å². The lowest BCUT2D eigenvalue weighted by atomic mass is 9.99. The number of hydrogen-bond donors (Lipinski definition) is 0. The van der Waals surface area contributed by atoms with Crippen LogP contribution in [0.1, 0.15) is 30.2 Å². The van der Waals surface area contributed by atoms with Crippen LogP contribution in [0.25, 0.3) is 22.1 Å². The normalized spacial score (nSPS) is 12.5. The second kappa shape index (κ2) is 4.75. The van der Waals surface area contributed by atoms with Crippen LogP contribution in [-0.2, 0) is 0 Å². The zero-order valence-electron chi connectivity index (χ0n) is 12.3. The molecule has 0 atom stereocenters. The molecule has 0 aliphatic rings. The number of aliphatic imine (C=N–C) groups is 1. The fraction of sp³-hybridized carbons (Fsp3) is 0.294. The summed E-state index contributed by atoms with van der Waals surface area (Å²) in [5.74, 6) is 0. The van der Waals surface area contributed by atoms with E-state index in [2.05, 4.69) is 42.0 Å². The maximum atomic E-state index is 6.04. The minimum atomic E-state index is 0.707. The van der Waals surface area contributed by atoms with Crippen molar-refractivity contribution in [2.75, 3.05) is 7.05 Å². The van der Waals surface area contributed by atoms with Gasteiger partial charge in [-0.1, -0.05) is 19.1 Å². The molecule has 0 radical (unpaired) electrons. The van der Waals surface area contributed by atoms with E-state index in [1.165, 1.54) is 5.56 Å². The Bertz CT molecular complexity index is 828. The molecule has 0 saturated heterocycles. The van der Waals surface area contributed by atoms with E-state index in [-0.39, 0.29) is 0 Å². The number of fused-ring (bicyclic) bond motifs is 3. The maximum Gasteiger partial charge on any atom is 0.227 e. The highest BCUT2D eigenvalue weighted by molar-refractivity contribution is 6.15. The Morgan fingerprint density at radius 1 is 1.15 bits per heavy atom. The van der Waals surface area contributed by atoms with Crippen LogP contribution in [0.4, 0.5) is 0 Å². The van der Waals surface area contributed by atoms with Crippen molar-refractivity contribution in [3.63, 3.8) is 0 Å². The summed E-state index contributed by atoms with van der Waals surface area (Å²) in [4.78, 5) is 8.90. The van der Waals surface area contributed by atoms with Crippen molar-refractivity contribution in [1.29, 1.82) is 0 Å². The topological polar surface area (TPSA) is 38.4 Å². The van der Waals surface area contributed by atoms with Gasteiger partial charge < -0.3 is 4.42 Å². The average molecular weight is 266 g/mol. The fourth-order valence-corrected chi connectivity index (χ4v) is 2.72. The zero-order valence-corrected chi connectivity index (χ0v) is 12.3. The molecule has 3 rings (SSSR count). The van der Waals surface area contributed by atoms with Crippen molar-refractivity contribution in [3.8, 4) is 0 Å². The number of aromatic nitrogens is 1. The molecule has 102 valence electrons. The molecular formula is C17H18N2O. The lowest BCUT2D eigenvalue weighted by molar-refractivity contribution is 0.651. The highest BCUT2D eigenvalue weighted by Crippen LogP contribution is 2.32. The third-order valence-electron chi connectivity index (χ3n) is 3.75. The molecule has 1 aromatic carbocycles. The van der Waals surface area contributed by atoms with E-state index in [0.29, 0.717) is 5.71 Å². The SMILES string of the molecule is CC/C(=N/C)c1c(C)ccc2c1oc1nc(C)ccc12. The molecular weight excluding hydrogens is 248 g/mol. The molecule has 0 amide bonds. The lowest BCUT2D eigenvalue weighted by Crippen LogP contribution is -2.02. The lowest BCUT2D eigenvalue weighted by Gasteiger charge is -2.07. The predicted octanol–water partition coefficient (Wildman–Crippen LogP) is 4.43. The maximum absolute atomic E-state index is 6.04. The number of hydrogen-bond acceptors (Lipinski definition) is 3. The van der Waals surface area contributed by atoms with Crippen LogP contribution < -0.4 is 0 Å². The monoisotopic (exact) mass is 266 g/mol. The first-order chi connectivity index (χ1) is 9.65. The Hall–Kier alpha value is -2.16. The average Bonchev–Trinajstić information content (AvgIpc) is 2.79. The molecule has 0 unspecified atom stereocenters. The van der Waals surface area contributed by atoms with E-state index in [9.17, 15) is 0 Å². The first-order valence-electron chi connectivity index (χ1n) is 6.91. The van der Waals surface area contributed by atoms with Crippen LogP contribution in [-0.4, -0.2) is 17.7 Å². The molecule has 3 nitrogen and oxygen atoms in total. The Balaban J connectivity index is 2.45. The molecule has 3 heteroatoms. The Morgan fingerprint density at radius 3 is 2.60 bits per heavy atom. The summed E-state index contributed by atoms with van der Waals surface area (Å²) in [6.07, 6.45) is 0.889. The van der Waals surface area contributed by atoms with Crippen molar-refractivity contribution in [2.24, 2.45) is 4.99 Å². The van der Waals surface area contributed by atoms with Crippen LogP contribution in [0.5, 0.6) is 0 Å². The summed E-state index contributed by atoms with van der Waals surface area (Å²) >= 11 is 0. The molecule has 0 fully saturated rings. The van der Waals surface area contributed by atoms with Crippen LogP contribution in [0, 0.1) is 13.8 Å². The molecule has 0 spiro atoms. The van der Waals surface area contributed by atoms with Gasteiger partial charge >= 0.3 is 0 Å². The summed E-state index contributed by atoms with van der Waals surface area (Å²) in [6.45, 7) is 6.19. The van der Waals surface area contributed by atoms with Crippen molar-refractivity contribution in [3.05, 3.63) is 41.1 Å². The molecule has 3 aromatic rings. The van der Waals surface area contributed by atoms with Crippen molar-refractivity contribution >= 4 is 27.8 Å². The summed E-state index contributed by atoms with van der Waals surface area (Å²) < 4.78 is 6.04. The third kappa shape index (κ3) is 1.82. The molecule has 20 heavy (non-hydrogen) atoms. The number of pyridine rings is 1.